The van der Waals surface area contributed by atoms with E-state index in [9.17, 15) is 18.0 Å². The fraction of sp³-hybridized carbons (Fsp3) is 0.417. The Morgan fingerprint density at radius 3 is 2.37 bits per heavy atom. The third kappa shape index (κ3) is 6.49. The normalized spacial score (nSPS) is 11.4. The Kier molecular flexibility index (Phi) is 6.17. The van der Waals surface area contributed by atoms with Gasteiger partial charge < -0.3 is 10.4 Å². The van der Waals surface area contributed by atoms with Gasteiger partial charge >= 0.3 is 5.51 Å². The number of hydrogen-bond donors (Lipinski definition) is 2. The maximum absolute atomic E-state index is 12.1. The van der Waals surface area contributed by atoms with Crippen LogP contribution in [0, 0.1) is 0 Å². The average molecular weight is 293 g/mol. The van der Waals surface area contributed by atoms with Crippen molar-refractivity contribution in [3.63, 3.8) is 0 Å². The predicted molar refractivity (Wildman–Crippen MR) is 67.0 cm³/mol. The lowest BCUT2D eigenvalue weighted by Gasteiger charge is -2.07. The Bertz CT molecular complexity index is 406. The molecule has 0 aliphatic carbocycles. The molecule has 0 heterocycles. The summed E-state index contributed by atoms with van der Waals surface area (Å²) < 4.78 is 36.3. The highest BCUT2D eigenvalue weighted by Crippen LogP contribution is 2.36. The van der Waals surface area contributed by atoms with Gasteiger partial charge in [-0.05, 0) is 48.9 Å². The van der Waals surface area contributed by atoms with Crippen molar-refractivity contribution in [1.82, 2.24) is 5.32 Å². The first-order valence-electron chi connectivity index (χ1n) is 5.67. The van der Waals surface area contributed by atoms with Gasteiger partial charge in [-0.25, -0.2) is 0 Å². The minimum Gasteiger partial charge on any atom is -0.396 e. The van der Waals surface area contributed by atoms with E-state index >= 15 is 0 Å². The van der Waals surface area contributed by atoms with Gasteiger partial charge in [0.25, 0.3) is 5.91 Å². The minimum atomic E-state index is -4.33. The van der Waals surface area contributed by atoms with E-state index in [1.807, 2.05) is 0 Å². The highest BCUT2D eigenvalue weighted by atomic mass is 32.2. The van der Waals surface area contributed by atoms with Gasteiger partial charge in [0.05, 0.1) is 0 Å². The van der Waals surface area contributed by atoms with Gasteiger partial charge in [-0.15, -0.1) is 0 Å². The zero-order valence-corrected chi connectivity index (χ0v) is 10.9. The second kappa shape index (κ2) is 7.40. The monoisotopic (exact) mass is 293 g/mol. The van der Waals surface area contributed by atoms with Crippen LogP contribution >= 0.6 is 11.8 Å². The van der Waals surface area contributed by atoms with E-state index in [4.69, 9.17) is 5.11 Å². The number of alkyl halides is 3. The number of aliphatic hydroxyl groups excluding tert-OH is 1. The van der Waals surface area contributed by atoms with E-state index in [2.05, 4.69) is 5.32 Å². The molecule has 0 radical (unpaired) electrons. The van der Waals surface area contributed by atoms with Gasteiger partial charge in [-0.3, -0.25) is 4.79 Å². The lowest BCUT2D eigenvalue weighted by atomic mass is 10.2. The van der Waals surface area contributed by atoms with Crippen molar-refractivity contribution in [3.05, 3.63) is 29.8 Å². The van der Waals surface area contributed by atoms with Crippen molar-refractivity contribution >= 4 is 17.7 Å². The van der Waals surface area contributed by atoms with Crippen LogP contribution in [0.25, 0.3) is 0 Å². The Morgan fingerprint density at radius 1 is 1.21 bits per heavy atom. The Hall–Kier alpha value is -1.21. The molecule has 19 heavy (non-hydrogen) atoms. The maximum atomic E-state index is 12.1. The average Bonchev–Trinajstić information content (AvgIpc) is 2.33. The first-order chi connectivity index (χ1) is 8.92. The van der Waals surface area contributed by atoms with Gasteiger partial charge in [0.1, 0.15) is 0 Å². The number of rotatable bonds is 6. The number of nitrogens with one attached hydrogen (secondary N) is 1. The van der Waals surface area contributed by atoms with Crippen LogP contribution in [0.4, 0.5) is 13.2 Å². The molecule has 3 nitrogen and oxygen atoms in total. The molecule has 0 fully saturated rings. The van der Waals surface area contributed by atoms with Gasteiger partial charge in [-0.2, -0.15) is 13.2 Å². The summed E-state index contributed by atoms with van der Waals surface area (Å²) in [6.45, 7) is 0.498. The van der Waals surface area contributed by atoms with E-state index in [1.54, 1.807) is 0 Å². The molecule has 1 rings (SSSR count). The summed E-state index contributed by atoms with van der Waals surface area (Å²) in [6.07, 6.45) is 1.26. The lowest BCUT2D eigenvalue weighted by Crippen LogP contribution is -2.24. The Labute approximate surface area is 113 Å². The van der Waals surface area contributed by atoms with Crippen molar-refractivity contribution in [2.24, 2.45) is 0 Å². The van der Waals surface area contributed by atoms with Crippen LogP contribution in [-0.2, 0) is 0 Å². The molecule has 7 heteroatoms. The molecule has 0 aliphatic rings. The number of thioether (sulfide) groups is 1. The fourth-order valence-electron chi connectivity index (χ4n) is 1.35. The van der Waals surface area contributed by atoms with Crippen LogP contribution < -0.4 is 5.32 Å². The molecule has 0 spiro atoms. The number of carbonyl (C=O) groups excluding carboxylic acids is 1. The number of halogens is 3. The Balaban J connectivity index is 2.49. The molecule has 0 bridgehead atoms. The van der Waals surface area contributed by atoms with E-state index in [-0.39, 0.29) is 29.2 Å². The topological polar surface area (TPSA) is 49.3 Å². The zero-order valence-electron chi connectivity index (χ0n) is 10.0. The van der Waals surface area contributed by atoms with E-state index < -0.39 is 5.51 Å². The summed E-state index contributed by atoms with van der Waals surface area (Å²) >= 11 is -0.214. The predicted octanol–water partition coefficient (Wildman–Crippen LogP) is 2.80. The van der Waals surface area contributed by atoms with Crippen molar-refractivity contribution in [3.8, 4) is 0 Å². The van der Waals surface area contributed by atoms with Crippen LogP contribution in [0.1, 0.15) is 23.2 Å². The van der Waals surface area contributed by atoms with Crippen LogP contribution in [0.2, 0.25) is 0 Å². The number of carbonyl (C=O) groups is 1. The highest BCUT2D eigenvalue weighted by molar-refractivity contribution is 8.00. The number of hydrogen-bond acceptors (Lipinski definition) is 3. The molecule has 0 unspecified atom stereocenters. The molecule has 1 amide bonds. The second-order valence-electron chi connectivity index (χ2n) is 3.76. The highest BCUT2D eigenvalue weighted by Gasteiger charge is 2.29. The number of unbranched alkanes of at least 4 members (excludes halogenated alkanes) is 1. The fourth-order valence-corrected chi connectivity index (χ4v) is 1.89. The summed E-state index contributed by atoms with van der Waals surface area (Å²) in [7, 11) is 0. The molecule has 1 aromatic carbocycles. The van der Waals surface area contributed by atoms with Gasteiger partial charge in [0, 0.05) is 23.6 Å². The number of benzene rings is 1. The summed E-state index contributed by atoms with van der Waals surface area (Å²) in [5, 5.41) is 11.2. The Morgan fingerprint density at radius 2 is 1.84 bits per heavy atom. The van der Waals surface area contributed by atoms with Gasteiger partial charge in [0.15, 0.2) is 0 Å². The van der Waals surface area contributed by atoms with E-state index in [1.165, 1.54) is 24.3 Å². The number of aliphatic hydroxyl groups is 1. The number of amides is 1. The maximum Gasteiger partial charge on any atom is 0.446 e. The van der Waals surface area contributed by atoms with Crippen LogP contribution in [-0.4, -0.2) is 29.7 Å². The summed E-state index contributed by atoms with van der Waals surface area (Å²) in [6, 6.07) is 5.24. The minimum absolute atomic E-state index is 0.0457. The molecular formula is C12H14F3NO2S. The van der Waals surface area contributed by atoms with Crippen molar-refractivity contribution < 1.29 is 23.1 Å². The van der Waals surface area contributed by atoms with Gasteiger partial charge in [0.2, 0.25) is 0 Å². The first kappa shape index (κ1) is 15.8. The largest absolute Gasteiger partial charge is 0.446 e. The SMILES string of the molecule is O=C(NCCCCO)c1ccc(SC(F)(F)F)cc1. The van der Waals surface area contributed by atoms with Crippen molar-refractivity contribution in [2.45, 2.75) is 23.2 Å². The standard InChI is InChI=1S/C12H14F3NO2S/c13-12(14,15)19-10-5-3-9(4-6-10)11(18)16-7-1-2-8-17/h3-6,17H,1-2,7-8H2,(H,16,18). The summed E-state index contributed by atoms with van der Waals surface area (Å²) in [5.41, 5.74) is -4.01. The smallest absolute Gasteiger partial charge is 0.396 e. The molecular weight excluding hydrogens is 279 g/mol. The summed E-state index contributed by atoms with van der Waals surface area (Å²) in [4.78, 5) is 11.6. The van der Waals surface area contributed by atoms with Crippen LogP contribution in [0.15, 0.2) is 29.2 Å². The molecule has 0 aromatic heterocycles. The molecule has 2 N–H and O–H groups in total. The van der Waals surface area contributed by atoms with E-state index in [0.29, 0.717) is 24.9 Å². The van der Waals surface area contributed by atoms with Crippen LogP contribution in [0.5, 0.6) is 0 Å². The molecule has 1 aromatic rings. The molecule has 0 saturated carbocycles. The summed E-state index contributed by atoms with van der Waals surface area (Å²) in [5.74, 6) is -0.332. The molecule has 0 atom stereocenters. The first-order valence-corrected chi connectivity index (χ1v) is 6.49. The quantitative estimate of drug-likeness (QED) is 0.626. The van der Waals surface area contributed by atoms with Gasteiger partial charge in [-0.1, -0.05) is 0 Å². The molecule has 0 aliphatic heterocycles. The zero-order chi connectivity index (χ0) is 14.3. The molecule has 0 saturated heterocycles. The lowest BCUT2D eigenvalue weighted by molar-refractivity contribution is -0.0328. The third-order valence-electron chi connectivity index (χ3n) is 2.22. The third-order valence-corrected chi connectivity index (χ3v) is 2.96. The van der Waals surface area contributed by atoms with Crippen LogP contribution in [0.3, 0.4) is 0 Å². The van der Waals surface area contributed by atoms with Crippen molar-refractivity contribution in [1.29, 1.82) is 0 Å². The van der Waals surface area contributed by atoms with E-state index in [0.717, 1.165) is 0 Å². The molecule has 106 valence electrons. The second-order valence-corrected chi connectivity index (χ2v) is 4.90. The van der Waals surface area contributed by atoms with Crippen molar-refractivity contribution in [2.75, 3.05) is 13.2 Å².